The maximum absolute atomic E-state index is 10.5. The van der Waals surface area contributed by atoms with Gasteiger partial charge in [-0.15, -0.1) is 0 Å². The van der Waals surface area contributed by atoms with Crippen LogP contribution in [-0.2, 0) is 11.2 Å². The summed E-state index contributed by atoms with van der Waals surface area (Å²) in [4.78, 5) is 14.7. The maximum Gasteiger partial charge on any atom is 0.303 e. The Kier molecular flexibility index (Phi) is 2.79. The van der Waals surface area contributed by atoms with Crippen molar-refractivity contribution in [3.8, 4) is 6.07 Å². The summed E-state index contributed by atoms with van der Waals surface area (Å²) < 4.78 is 1.79. The van der Waals surface area contributed by atoms with Crippen LogP contribution in [0.3, 0.4) is 0 Å². The average molecular weight is 229 g/mol. The monoisotopic (exact) mass is 229 g/mol. The first kappa shape index (κ1) is 11.1. The molecule has 0 aliphatic rings. The molecule has 2 rings (SSSR count). The molecule has 2 aromatic heterocycles. The predicted octanol–water partition coefficient (Wildman–Crippen LogP) is 1.53. The molecule has 2 aromatic rings. The van der Waals surface area contributed by atoms with Gasteiger partial charge in [-0.3, -0.25) is 4.79 Å². The largest absolute Gasteiger partial charge is 0.481 e. The molecule has 0 saturated carbocycles. The number of hydrogen-bond acceptors (Lipinski definition) is 3. The summed E-state index contributed by atoms with van der Waals surface area (Å²) in [5, 5.41) is 17.7. The van der Waals surface area contributed by atoms with Crippen molar-refractivity contribution in [3.63, 3.8) is 0 Å². The predicted molar refractivity (Wildman–Crippen MR) is 60.6 cm³/mol. The van der Waals surface area contributed by atoms with Crippen LogP contribution in [0, 0.1) is 18.3 Å². The van der Waals surface area contributed by atoms with E-state index in [0.717, 1.165) is 11.1 Å². The molecule has 0 aliphatic carbocycles. The molecule has 5 heteroatoms. The number of carboxylic acids is 1. The minimum atomic E-state index is -0.868. The normalized spacial score (nSPS) is 10.4. The number of carbonyl (C=O) groups is 1. The summed E-state index contributed by atoms with van der Waals surface area (Å²) in [6, 6.07) is 5.80. The van der Waals surface area contributed by atoms with E-state index in [4.69, 9.17) is 10.4 Å². The van der Waals surface area contributed by atoms with Crippen molar-refractivity contribution >= 4 is 11.5 Å². The molecule has 0 aromatic carbocycles. The number of carboxylic acid groups (broad SMARTS) is 1. The van der Waals surface area contributed by atoms with Crippen molar-refractivity contribution in [1.29, 1.82) is 5.26 Å². The number of aromatic nitrogens is 2. The Hall–Kier alpha value is -2.35. The first-order valence-electron chi connectivity index (χ1n) is 5.22. The fraction of sp³-hybridized carbons (Fsp3) is 0.250. The van der Waals surface area contributed by atoms with E-state index in [1.54, 1.807) is 10.6 Å². The first-order chi connectivity index (χ1) is 8.13. The molecule has 17 heavy (non-hydrogen) atoms. The molecule has 0 bridgehead atoms. The number of pyridine rings is 1. The van der Waals surface area contributed by atoms with Crippen LogP contribution < -0.4 is 0 Å². The smallest absolute Gasteiger partial charge is 0.303 e. The molecule has 1 N–H and O–H groups in total. The zero-order chi connectivity index (χ0) is 12.4. The van der Waals surface area contributed by atoms with Gasteiger partial charge in [0.25, 0.3) is 0 Å². The Morgan fingerprint density at radius 1 is 1.65 bits per heavy atom. The van der Waals surface area contributed by atoms with Crippen LogP contribution in [-0.4, -0.2) is 20.5 Å². The molecule has 0 amide bonds. The Morgan fingerprint density at radius 2 is 2.41 bits per heavy atom. The van der Waals surface area contributed by atoms with Crippen LogP contribution in [0.2, 0.25) is 0 Å². The molecule has 2 heterocycles. The van der Waals surface area contributed by atoms with Crippen molar-refractivity contribution in [2.75, 3.05) is 0 Å². The number of fused-ring (bicyclic) bond motifs is 1. The van der Waals surface area contributed by atoms with Gasteiger partial charge in [-0.2, -0.15) is 5.26 Å². The summed E-state index contributed by atoms with van der Waals surface area (Å²) in [5.41, 5.74) is 2.07. The van der Waals surface area contributed by atoms with Crippen molar-refractivity contribution in [2.24, 2.45) is 0 Å². The zero-order valence-corrected chi connectivity index (χ0v) is 9.34. The topological polar surface area (TPSA) is 78.4 Å². The lowest BCUT2D eigenvalue weighted by molar-refractivity contribution is -0.137. The standard InChI is InChI=1S/C12H11N3O2/c1-8-3-2-6-15-10(4-5-11(16)17)14-9(7-13)12(8)15/h2-3,6H,4-5H2,1H3,(H,16,17). The fourth-order valence-corrected chi connectivity index (χ4v) is 1.84. The minimum absolute atomic E-state index is 0.0118. The van der Waals surface area contributed by atoms with Gasteiger partial charge >= 0.3 is 5.97 Å². The summed E-state index contributed by atoms with van der Waals surface area (Å²) in [6.07, 6.45) is 2.13. The van der Waals surface area contributed by atoms with Crippen LogP contribution in [0.1, 0.15) is 23.5 Å². The molecule has 0 saturated heterocycles. The molecule has 0 atom stereocenters. The quantitative estimate of drug-likeness (QED) is 0.865. The van der Waals surface area contributed by atoms with Gasteiger partial charge in [0.05, 0.1) is 11.9 Å². The fourth-order valence-electron chi connectivity index (χ4n) is 1.84. The van der Waals surface area contributed by atoms with Crippen molar-refractivity contribution in [3.05, 3.63) is 35.4 Å². The lowest BCUT2D eigenvalue weighted by atomic mass is 10.2. The number of rotatable bonds is 3. The van der Waals surface area contributed by atoms with Gasteiger partial charge in [0.1, 0.15) is 11.9 Å². The van der Waals surface area contributed by atoms with Gasteiger partial charge in [0, 0.05) is 12.6 Å². The second-order valence-electron chi connectivity index (χ2n) is 3.79. The Balaban J connectivity index is 2.55. The summed E-state index contributed by atoms with van der Waals surface area (Å²) in [6.45, 7) is 1.90. The van der Waals surface area contributed by atoms with E-state index < -0.39 is 5.97 Å². The molecule has 0 aliphatic heterocycles. The van der Waals surface area contributed by atoms with Gasteiger partial charge in [0.15, 0.2) is 5.69 Å². The highest BCUT2D eigenvalue weighted by Gasteiger charge is 2.13. The molecule has 0 unspecified atom stereocenters. The Labute approximate surface area is 97.9 Å². The molecular formula is C12H11N3O2. The van der Waals surface area contributed by atoms with E-state index in [1.165, 1.54) is 0 Å². The SMILES string of the molecule is Cc1cccn2c(CCC(=O)O)nc(C#N)c12. The molecule has 5 nitrogen and oxygen atoms in total. The number of hydrogen-bond donors (Lipinski definition) is 1. The first-order valence-corrected chi connectivity index (χ1v) is 5.22. The van der Waals surface area contributed by atoms with Crippen molar-refractivity contribution in [1.82, 2.24) is 9.38 Å². The third-order valence-corrected chi connectivity index (χ3v) is 2.61. The van der Waals surface area contributed by atoms with E-state index in [-0.39, 0.29) is 6.42 Å². The molecular weight excluding hydrogens is 218 g/mol. The molecule has 86 valence electrons. The van der Waals surface area contributed by atoms with E-state index in [9.17, 15) is 4.79 Å². The molecule has 0 fully saturated rings. The highest BCUT2D eigenvalue weighted by molar-refractivity contribution is 5.67. The summed E-state index contributed by atoms with van der Waals surface area (Å²) in [7, 11) is 0. The molecule has 0 radical (unpaired) electrons. The summed E-state index contributed by atoms with van der Waals surface area (Å²) >= 11 is 0. The lowest BCUT2D eigenvalue weighted by Gasteiger charge is -2.00. The van der Waals surface area contributed by atoms with Crippen LogP contribution >= 0.6 is 0 Å². The molecule has 0 spiro atoms. The van der Waals surface area contributed by atoms with Gasteiger partial charge < -0.3 is 9.51 Å². The van der Waals surface area contributed by atoms with Crippen LogP contribution in [0.4, 0.5) is 0 Å². The van der Waals surface area contributed by atoms with Gasteiger partial charge in [-0.25, -0.2) is 4.98 Å². The van der Waals surface area contributed by atoms with Gasteiger partial charge in [-0.05, 0) is 18.6 Å². The van der Waals surface area contributed by atoms with E-state index in [2.05, 4.69) is 4.98 Å². The van der Waals surface area contributed by atoms with E-state index >= 15 is 0 Å². The lowest BCUT2D eigenvalue weighted by Crippen LogP contribution is -2.01. The maximum atomic E-state index is 10.5. The van der Waals surface area contributed by atoms with Gasteiger partial charge in [0.2, 0.25) is 0 Å². The third-order valence-electron chi connectivity index (χ3n) is 2.61. The summed E-state index contributed by atoms with van der Waals surface area (Å²) in [5.74, 6) is -0.254. The second-order valence-corrected chi connectivity index (χ2v) is 3.79. The van der Waals surface area contributed by atoms with E-state index in [0.29, 0.717) is 17.9 Å². The van der Waals surface area contributed by atoms with Crippen molar-refractivity contribution in [2.45, 2.75) is 19.8 Å². The third kappa shape index (κ3) is 1.97. The number of imidazole rings is 1. The van der Waals surface area contributed by atoms with E-state index in [1.807, 2.05) is 25.1 Å². The van der Waals surface area contributed by atoms with Crippen LogP contribution in [0.15, 0.2) is 18.3 Å². The highest BCUT2D eigenvalue weighted by Crippen LogP contribution is 2.17. The van der Waals surface area contributed by atoms with Crippen LogP contribution in [0.25, 0.3) is 5.52 Å². The number of nitriles is 1. The van der Waals surface area contributed by atoms with Crippen LogP contribution in [0.5, 0.6) is 0 Å². The Bertz CT molecular complexity index is 622. The number of aryl methyl sites for hydroxylation is 2. The Morgan fingerprint density at radius 3 is 3.06 bits per heavy atom. The minimum Gasteiger partial charge on any atom is -0.481 e. The second kappa shape index (κ2) is 4.26. The number of nitrogens with zero attached hydrogens (tertiary/aromatic N) is 3. The zero-order valence-electron chi connectivity index (χ0n) is 9.34. The highest BCUT2D eigenvalue weighted by atomic mass is 16.4. The van der Waals surface area contributed by atoms with Gasteiger partial charge in [-0.1, -0.05) is 6.07 Å². The number of aliphatic carboxylic acids is 1. The van der Waals surface area contributed by atoms with Crippen molar-refractivity contribution < 1.29 is 9.90 Å². The average Bonchev–Trinajstić information content (AvgIpc) is 2.66.